The Morgan fingerprint density at radius 2 is 1.97 bits per heavy atom. The molecule has 0 spiro atoms. The lowest BCUT2D eigenvalue weighted by atomic mass is 10.0. The molecule has 4 aromatic rings. The Morgan fingerprint density at radius 1 is 1.07 bits per heavy atom. The normalized spacial score (nSPS) is 12.7. The van der Waals surface area contributed by atoms with Crippen LogP contribution in [0.15, 0.2) is 59.4 Å². The number of amides is 1. The first-order valence-corrected chi connectivity index (χ1v) is 10.0. The molecule has 0 bridgehead atoms. The van der Waals surface area contributed by atoms with E-state index in [0.717, 1.165) is 47.0 Å². The van der Waals surface area contributed by atoms with Gasteiger partial charge in [0.25, 0.3) is 11.5 Å². The summed E-state index contributed by atoms with van der Waals surface area (Å²) < 4.78 is 0. The fraction of sp³-hybridized carbons (Fsp3) is 0.130. The second-order valence-corrected chi connectivity index (χ2v) is 7.70. The number of nitrogens with zero attached hydrogens (tertiary/aromatic N) is 2. The Hall–Kier alpha value is -3.51. The number of hydrogen-bond donors (Lipinski definition) is 2. The van der Waals surface area contributed by atoms with Crippen LogP contribution in [0.1, 0.15) is 28.0 Å². The lowest BCUT2D eigenvalue weighted by molar-refractivity contribution is 0.102. The number of carbonyl (C=O) groups excluding carboxylic acids is 1. The van der Waals surface area contributed by atoms with Gasteiger partial charge in [0.05, 0.1) is 16.8 Å². The molecule has 1 amide bonds. The fourth-order valence-electron chi connectivity index (χ4n) is 3.95. The van der Waals surface area contributed by atoms with E-state index in [1.165, 1.54) is 6.07 Å². The molecule has 2 aromatic carbocycles. The quantitative estimate of drug-likeness (QED) is 0.518. The predicted octanol–water partition coefficient (Wildman–Crippen LogP) is 4.38. The van der Waals surface area contributed by atoms with Crippen LogP contribution in [-0.4, -0.2) is 21.1 Å². The van der Waals surface area contributed by atoms with E-state index in [1.807, 2.05) is 30.3 Å². The van der Waals surface area contributed by atoms with Crippen molar-refractivity contribution in [2.45, 2.75) is 19.3 Å². The molecule has 0 saturated carbocycles. The molecular formula is C23H17ClN4O2. The summed E-state index contributed by atoms with van der Waals surface area (Å²) in [6.07, 6.45) is 2.69. The van der Waals surface area contributed by atoms with E-state index in [2.05, 4.69) is 15.5 Å². The SMILES string of the molecule is O=C(Nc1cccc(-c2ccc(=O)[nH]n2)c1)c1c2c(nc3ccc(Cl)cc13)CCC2. The van der Waals surface area contributed by atoms with Crippen LogP contribution in [0.5, 0.6) is 0 Å². The lowest BCUT2D eigenvalue weighted by Crippen LogP contribution is -2.16. The number of aryl methyl sites for hydroxylation is 1. The standard InChI is InChI=1S/C23H17ClN4O2/c24-14-7-8-20-17(12-14)22(16-5-2-6-19(16)26-20)23(30)25-15-4-1-3-13(11-15)18-9-10-21(29)28-27-18/h1,3-4,7-12H,2,5-6H2,(H,25,30)(H,28,29). The zero-order chi connectivity index (χ0) is 20.7. The molecule has 2 aromatic heterocycles. The Bertz CT molecular complexity index is 1340. The molecule has 30 heavy (non-hydrogen) atoms. The first kappa shape index (κ1) is 18.5. The van der Waals surface area contributed by atoms with Crippen molar-refractivity contribution in [1.29, 1.82) is 0 Å². The van der Waals surface area contributed by atoms with Crippen LogP contribution >= 0.6 is 11.6 Å². The number of halogens is 1. The number of pyridine rings is 1. The van der Waals surface area contributed by atoms with Gasteiger partial charge < -0.3 is 5.32 Å². The van der Waals surface area contributed by atoms with Gasteiger partial charge in [-0.3, -0.25) is 14.6 Å². The second kappa shape index (κ2) is 7.39. The first-order chi connectivity index (χ1) is 14.6. The van der Waals surface area contributed by atoms with E-state index in [-0.39, 0.29) is 11.5 Å². The number of rotatable bonds is 3. The minimum Gasteiger partial charge on any atom is -0.322 e. The maximum atomic E-state index is 13.3. The molecule has 7 heteroatoms. The fourth-order valence-corrected chi connectivity index (χ4v) is 4.12. The topological polar surface area (TPSA) is 87.7 Å². The van der Waals surface area contributed by atoms with E-state index in [4.69, 9.17) is 16.6 Å². The highest BCUT2D eigenvalue weighted by Crippen LogP contribution is 2.32. The smallest absolute Gasteiger partial charge is 0.264 e. The van der Waals surface area contributed by atoms with Crippen LogP contribution < -0.4 is 10.9 Å². The van der Waals surface area contributed by atoms with Crippen molar-refractivity contribution in [3.8, 4) is 11.3 Å². The van der Waals surface area contributed by atoms with Crippen molar-refractivity contribution >= 4 is 34.1 Å². The van der Waals surface area contributed by atoms with Gasteiger partial charge in [-0.2, -0.15) is 5.10 Å². The molecule has 148 valence electrons. The molecule has 0 radical (unpaired) electrons. The van der Waals surface area contributed by atoms with Gasteiger partial charge in [-0.05, 0) is 61.2 Å². The third-order valence-electron chi connectivity index (χ3n) is 5.30. The van der Waals surface area contributed by atoms with Gasteiger partial charge >= 0.3 is 0 Å². The predicted molar refractivity (Wildman–Crippen MR) is 117 cm³/mol. The van der Waals surface area contributed by atoms with Crippen LogP contribution in [0.3, 0.4) is 0 Å². The highest BCUT2D eigenvalue weighted by atomic mass is 35.5. The Kier molecular flexibility index (Phi) is 4.56. The maximum Gasteiger partial charge on any atom is 0.264 e. The van der Waals surface area contributed by atoms with E-state index >= 15 is 0 Å². The second-order valence-electron chi connectivity index (χ2n) is 7.27. The van der Waals surface area contributed by atoms with E-state index < -0.39 is 0 Å². The number of fused-ring (bicyclic) bond motifs is 2. The minimum absolute atomic E-state index is 0.186. The van der Waals surface area contributed by atoms with Crippen LogP contribution in [-0.2, 0) is 12.8 Å². The molecule has 5 rings (SSSR count). The van der Waals surface area contributed by atoms with Crippen LogP contribution in [0, 0.1) is 0 Å². The van der Waals surface area contributed by atoms with E-state index in [0.29, 0.717) is 22.0 Å². The van der Waals surface area contributed by atoms with Crippen LogP contribution in [0.25, 0.3) is 22.2 Å². The molecule has 0 atom stereocenters. The number of hydrogen-bond acceptors (Lipinski definition) is 4. The lowest BCUT2D eigenvalue weighted by Gasteiger charge is -2.13. The first-order valence-electron chi connectivity index (χ1n) is 9.67. The molecule has 1 aliphatic rings. The van der Waals surface area contributed by atoms with Crippen molar-refractivity contribution in [2.24, 2.45) is 0 Å². The van der Waals surface area contributed by atoms with Crippen molar-refractivity contribution in [3.63, 3.8) is 0 Å². The van der Waals surface area contributed by atoms with Gasteiger partial charge in [-0.25, -0.2) is 5.10 Å². The van der Waals surface area contributed by atoms with Crippen molar-refractivity contribution in [2.75, 3.05) is 5.32 Å². The number of H-pyrrole nitrogens is 1. The summed E-state index contributed by atoms with van der Waals surface area (Å²) in [5, 5.41) is 10.8. The van der Waals surface area contributed by atoms with Gasteiger partial charge in [0.1, 0.15) is 0 Å². The maximum absolute atomic E-state index is 13.3. The molecule has 0 unspecified atom stereocenters. The Morgan fingerprint density at radius 3 is 2.80 bits per heavy atom. The summed E-state index contributed by atoms with van der Waals surface area (Å²) in [6, 6.07) is 15.9. The summed E-state index contributed by atoms with van der Waals surface area (Å²) in [7, 11) is 0. The highest BCUT2D eigenvalue weighted by Gasteiger charge is 2.24. The molecule has 6 nitrogen and oxygen atoms in total. The number of carbonyl (C=O) groups is 1. The molecular weight excluding hydrogens is 400 g/mol. The molecule has 2 heterocycles. The van der Waals surface area contributed by atoms with Crippen molar-refractivity contribution < 1.29 is 4.79 Å². The summed E-state index contributed by atoms with van der Waals surface area (Å²) in [6.45, 7) is 0. The van der Waals surface area contributed by atoms with Crippen LogP contribution in [0.2, 0.25) is 5.02 Å². The Balaban J connectivity index is 1.54. The number of aromatic amines is 1. The molecule has 0 fully saturated rings. The highest BCUT2D eigenvalue weighted by molar-refractivity contribution is 6.31. The van der Waals surface area contributed by atoms with Gasteiger partial charge in [-0.15, -0.1) is 0 Å². The third-order valence-corrected chi connectivity index (χ3v) is 5.53. The Labute approximate surface area is 176 Å². The molecule has 0 saturated heterocycles. The third kappa shape index (κ3) is 3.35. The molecule has 2 N–H and O–H groups in total. The number of anilines is 1. The van der Waals surface area contributed by atoms with E-state index in [9.17, 15) is 9.59 Å². The van der Waals surface area contributed by atoms with Crippen molar-refractivity contribution in [3.05, 3.63) is 86.8 Å². The number of benzene rings is 2. The molecule has 0 aliphatic heterocycles. The van der Waals surface area contributed by atoms with Gasteiger partial charge in [0.15, 0.2) is 0 Å². The largest absolute Gasteiger partial charge is 0.322 e. The number of aromatic nitrogens is 3. The average Bonchev–Trinajstić information content (AvgIpc) is 3.20. The minimum atomic E-state index is -0.264. The van der Waals surface area contributed by atoms with Crippen LogP contribution in [0.4, 0.5) is 5.69 Å². The van der Waals surface area contributed by atoms with E-state index in [1.54, 1.807) is 18.2 Å². The number of nitrogens with one attached hydrogen (secondary N) is 2. The zero-order valence-corrected chi connectivity index (χ0v) is 16.7. The average molecular weight is 417 g/mol. The monoisotopic (exact) mass is 416 g/mol. The van der Waals surface area contributed by atoms with Gasteiger partial charge in [-0.1, -0.05) is 23.7 Å². The summed E-state index contributed by atoms with van der Waals surface area (Å²) >= 11 is 6.21. The van der Waals surface area contributed by atoms with Gasteiger partial charge in [0, 0.05) is 33.4 Å². The summed E-state index contributed by atoms with van der Waals surface area (Å²) in [5.41, 5.74) is 5.19. The molecule has 1 aliphatic carbocycles. The summed E-state index contributed by atoms with van der Waals surface area (Å²) in [5.74, 6) is -0.186. The zero-order valence-electron chi connectivity index (χ0n) is 15.9. The van der Waals surface area contributed by atoms with Crippen molar-refractivity contribution in [1.82, 2.24) is 15.2 Å². The van der Waals surface area contributed by atoms with Gasteiger partial charge in [0.2, 0.25) is 0 Å². The summed E-state index contributed by atoms with van der Waals surface area (Å²) in [4.78, 5) is 29.3.